The fourth-order valence-electron chi connectivity index (χ4n) is 4.08. The Kier molecular flexibility index (Phi) is 8.04. The fraction of sp³-hybridized carbons (Fsp3) is 0.417. The van der Waals surface area contributed by atoms with E-state index >= 15 is 0 Å². The number of carbonyl (C=O) groups is 1. The largest absolute Gasteiger partial charge is 0.491 e. The third kappa shape index (κ3) is 6.06. The molecular formula is C24H28F2N4O3S. The summed E-state index contributed by atoms with van der Waals surface area (Å²) in [4.78, 5) is 21.2. The van der Waals surface area contributed by atoms with Gasteiger partial charge in [0, 0.05) is 51.9 Å². The second kappa shape index (κ2) is 11.2. The third-order valence-corrected chi connectivity index (χ3v) is 6.80. The number of benzene rings is 2. The summed E-state index contributed by atoms with van der Waals surface area (Å²) in [5, 5.41) is 11.4. The molecule has 2 heterocycles. The second-order valence-electron chi connectivity index (χ2n) is 8.34. The maximum absolute atomic E-state index is 14.0. The average Bonchev–Trinajstić information content (AvgIpc) is 3.20. The molecule has 0 radical (unpaired) electrons. The summed E-state index contributed by atoms with van der Waals surface area (Å²) < 4.78 is 34.8. The number of amides is 1. The second-order valence-corrected chi connectivity index (χ2v) is 9.57. The van der Waals surface area contributed by atoms with Crippen molar-refractivity contribution in [3.8, 4) is 5.75 Å². The number of carbonyl (C=O) groups excluding carboxylic acids is 1. The Labute approximate surface area is 201 Å². The number of aryl methyl sites for hydroxylation is 1. The number of anilines is 1. The molecule has 1 fully saturated rings. The van der Waals surface area contributed by atoms with Crippen LogP contribution in [-0.4, -0.2) is 84.8 Å². The van der Waals surface area contributed by atoms with Crippen LogP contribution in [0.2, 0.25) is 0 Å². The lowest BCUT2D eigenvalue weighted by molar-refractivity contribution is -0.107. The lowest BCUT2D eigenvalue weighted by atomic mass is 10.2. The molecule has 1 aromatic heterocycles. The maximum atomic E-state index is 14.0. The summed E-state index contributed by atoms with van der Waals surface area (Å²) in [5.41, 5.74) is 0.583. The van der Waals surface area contributed by atoms with Crippen LogP contribution >= 0.6 is 11.3 Å². The molecule has 7 nitrogen and oxygen atoms in total. The van der Waals surface area contributed by atoms with E-state index in [4.69, 9.17) is 4.74 Å². The number of piperazine rings is 1. The molecule has 3 aromatic rings. The molecule has 10 heteroatoms. The van der Waals surface area contributed by atoms with Gasteiger partial charge in [0.05, 0.1) is 15.2 Å². The third-order valence-electron chi connectivity index (χ3n) is 5.85. The van der Waals surface area contributed by atoms with Crippen LogP contribution < -0.4 is 9.64 Å². The highest BCUT2D eigenvalue weighted by Crippen LogP contribution is 2.26. The Balaban J connectivity index is 1.19. The van der Waals surface area contributed by atoms with Crippen molar-refractivity contribution in [1.29, 1.82) is 0 Å². The van der Waals surface area contributed by atoms with E-state index in [1.54, 1.807) is 11.3 Å². The zero-order valence-corrected chi connectivity index (χ0v) is 19.8. The number of hydrogen-bond acceptors (Lipinski definition) is 7. The maximum Gasteiger partial charge on any atom is 0.214 e. The minimum atomic E-state index is -0.755. The van der Waals surface area contributed by atoms with Crippen LogP contribution in [0.3, 0.4) is 0 Å². The Morgan fingerprint density at radius 2 is 1.88 bits per heavy atom. The molecule has 1 aliphatic heterocycles. The highest BCUT2D eigenvalue weighted by Gasteiger charge is 2.21. The number of aromatic nitrogens is 1. The van der Waals surface area contributed by atoms with Gasteiger partial charge < -0.3 is 14.7 Å². The van der Waals surface area contributed by atoms with Crippen molar-refractivity contribution in [2.45, 2.75) is 13.0 Å². The highest BCUT2D eigenvalue weighted by atomic mass is 32.1. The van der Waals surface area contributed by atoms with Crippen LogP contribution in [0.4, 0.5) is 14.5 Å². The van der Waals surface area contributed by atoms with Crippen LogP contribution in [0.15, 0.2) is 36.4 Å². The van der Waals surface area contributed by atoms with Gasteiger partial charge in [0.2, 0.25) is 6.41 Å². The fourth-order valence-corrected chi connectivity index (χ4v) is 4.89. The summed E-state index contributed by atoms with van der Waals surface area (Å²) in [6.45, 7) is 6.32. The molecule has 1 saturated heterocycles. The molecule has 1 N–H and O–H groups in total. The van der Waals surface area contributed by atoms with Crippen molar-refractivity contribution in [2.75, 3.05) is 57.3 Å². The molecule has 0 spiro atoms. The number of aliphatic hydroxyl groups is 1. The van der Waals surface area contributed by atoms with Gasteiger partial charge in [-0.05, 0) is 31.2 Å². The Morgan fingerprint density at radius 3 is 2.59 bits per heavy atom. The SMILES string of the molecule is Cc1nc2cc(OC[C@H](O)CN3CCN(CCN(C=O)c4c(F)cccc4F)CC3)ccc2s1. The molecule has 0 bridgehead atoms. The Hall–Kier alpha value is -2.66. The molecule has 2 aromatic carbocycles. The Morgan fingerprint density at radius 1 is 1.18 bits per heavy atom. The normalized spacial score (nSPS) is 16.0. The molecule has 0 unspecified atom stereocenters. The van der Waals surface area contributed by atoms with Gasteiger partial charge in [-0.15, -0.1) is 11.3 Å². The monoisotopic (exact) mass is 490 g/mol. The topological polar surface area (TPSA) is 69.1 Å². The first-order chi connectivity index (χ1) is 16.4. The number of thiazole rings is 1. The van der Waals surface area contributed by atoms with E-state index in [9.17, 15) is 18.7 Å². The van der Waals surface area contributed by atoms with Crippen LogP contribution in [0.5, 0.6) is 5.75 Å². The predicted octanol–water partition coefficient (Wildman–Crippen LogP) is 2.90. The number of aliphatic hydroxyl groups excluding tert-OH is 1. The minimum absolute atomic E-state index is 0.192. The lowest BCUT2D eigenvalue weighted by Crippen LogP contribution is -2.50. The summed E-state index contributed by atoms with van der Waals surface area (Å²) >= 11 is 1.63. The van der Waals surface area contributed by atoms with Crippen molar-refractivity contribution >= 4 is 33.7 Å². The molecule has 1 atom stereocenters. The number of ether oxygens (including phenoxy) is 1. The summed E-state index contributed by atoms with van der Waals surface area (Å²) in [6.07, 6.45) is -0.171. The van der Waals surface area contributed by atoms with E-state index < -0.39 is 17.7 Å². The number of para-hydroxylation sites is 1. The quantitative estimate of drug-likeness (QED) is 0.441. The molecule has 1 aliphatic rings. The molecule has 34 heavy (non-hydrogen) atoms. The highest BCUT2D eigenvalue weighted by molar-refractivity contribution is 7.18. The number of fused-ring (bicyclic) bond motifs is 1. The molecular weight excluding hydrogens is 462 g/mol. The smallest absolute Gasteiger partial charge is 0.214 e. The number of nitrogens with zero attached hydrogens (tertiary/aromatic N) is 4. The Bertz CT molecular complexity index is 1100. The van der Waals surface area contributed by atoms with Crippen LogP contribution in [-0.2, 0) is 4.79 Å². The van der Waals surface area contributed by atoms with Gasteiger partial charge in [0.25, 0.3) is 0 Å². The van der Waals surface area contributed by atoms with E-state index in [0.29, 0.717) is 25.2 Å². The summed E-state index contributed by atoms with van der Waals surface area (Å²) in [6, 6.07) is 9.31. The van der Waals surface area contributed by atoms with E-state index in [0.717, 1.165) is 58.4 Å². The minimum Gasteiger partial charge on any atom is -0.491 e. The van der Waals surface area contributed by atoms with E-state index in [1.807, 2.05) is 25.1 Å². The number of hydrogen-bond donors (Lipinski definition) is 1. The molecule has 0 aliphatic carbocycles. The summed E-state index contributed by atoms with van der Waals surface area (Å²) in [7, 11) is 0. The van der Waals surface area contributed by atoms with E-state index in [-0.39, 0.29) is 18.8 Å². The van der Waals surface area contributed by atoms with Crippen molar-refractivity contribution in [2.24, 2.45) is 0 Å². The molecule has 1 amide bonds. The van der Waals surface area contributed by atoms with Gasteiger partial charge in [-0.3, -0.25) is 14.6 Å². The molecule has 182 valence electrons. The lowest BCUT2D eigenvalue weighted by Gasteiger charge is -2.36. The van der Waals surface area contributed by atoms with Crippen molar-refractivity contribution in [3.63, 3.8) is 0 Å². The van der Waals surface area contributed by atoms with E-state index in [1.165, 1.54) is 6.07 Å². The number of halogens is 2. The first kappa shape index (κ1) is 24.5. The van der Waals surface area contributed by atoms with E-state index in [2.05, 4.69) is 14.8 Å². The van der Waals surface area contributed by atoms with Gasteiger partial charge in [-0.25, -0.2) is 13.8 Å². The zero-order chi connectivity index (χ0) is 24.1. The van der Waals surface area contributed by atoms with Crippen LogP contribution in [0, 0.1) is 18.6 Å². The van der Waals surface area contributed by atoms with Gasteiger partial charge in [0.1, 0.15) is 35.8 Å². The van der Waals surface area contributed by atoms with Gasteiger partial charge in [0.15, 0.2) is 0 Å². The molecule has 4 rings (SSSR count). The van der Waals surface area contributed by atoms with Crippen molar-refractivity contribution in [1.82, 2.24) is 14.8 Å². The zero-order valence-electron chi connectivity index (χ0n) is 19.0. The number of rotatable bonds is 10. The van der Waals surface area contributed by atoms with Gasteiger partial charge in [-0.1, -0.05) is 6.07 Å². The predicted molar refractivity (Wildman–Crippen MR) is 129 cm³/mol. The van der Waals surface area contributed by atoms with Crippen molar-refractivity contribution in [3.05, 3.63) is 53.0 Å². The number of β-amino-alcohol motifs (C(OH)–C–C–N with tert-alkyl or cyclic N) is 1. The first-order valence-electron chi connectivity index (χ1n) is 11.2. The summed E-state index contributed by atoms with van der Waals surface area (Å²) in [5.74, 6) is -0.822. The van der Waals surface area contributed by atoms with Gasteiger partial charge in [-0.2, -0.15) is 0 Å². The van der Waals surface area contributed by atoms with Crippen molar-refractivity contribution < 1.29 is 23.4 Å². The average molecular weight is 491 g/mol. The molecule has 0 saturated carbocycles. The van der Waals surface area contributed by atoms with Gasteiger partial charge >= 0.3 is 0 Å². The van der Waals surface area contributed by atoms with Crippen LogP contribution in [0.25, 0.3) is 10.2 Å². The van der Waals surface area contributed by atoms with Crippen LogP contribution in [0.1, 0.15) is 5.01 Å². The standard InChI is InChI=1S/C24H28F2N4O3S/c1-17-27-22-13-19(5-6-23(22)34-17)33-15-18(32)14-29-9-7-28(8-10-29)11-12-30(16-31)24-20(25)3-2-4-21(24)26/h2-6,13,16,18,32H,7-12,14-15H2,1H3/t18-/m1/s1. The first-order valence-corrected chi connectivity index (χ1v) is 12.0.